The molecule has 34 heavy (non-hydrogen) atoms. The summed E-state index contributed by atoms with van der Waals surface area (Å²) in [6.07, 6.45) is 1.58. The predicted molar refractivity (Wildman–Crippen MR) is 126 cm³/mol. The second-order valence-corrected chi connectivity index (χ2v) is 8.11. The molecule has 0 aliphatic carbocycles. The van der Waals surface area contributed by atoms with Gasteiger partial charge in [-0.3, -0.25) is 4.57 Å². The summed E-state index contributed by atoms with van der Waals surface area (Å²) in [5, 5.41) is 9.29. The van der Waals surface area contributed by atoms with E-state index in [4.69, 9.17) is 13.9 Å². The molecule has 1 aromatic carbocycles. The number of hydrogen-bond donors (Lipinski definition) is 1. The second kappa shape index (κ2) is 10.4. The van der Waals surface area contributed by atoms with E-state index in [9.17, 15) is 9.59 Å². The first-order valence-electron chi connectivity index (χ1n) is 10.8. The molecular weight excluding hydrogens is 456 g/mol. The van der Waals surface area contributed by atoms with Gasteiger partial charge >= 0.3 is 11.9 Å². The van der Waals surface area contributed by atoms with Crippen molar-refractivity contribution >= 4 is 23.7 Å². The van der Waals surface area contributed by atoms with Crippen LogP contribution in [0, 0.1) is 6.92 Å². The van der Waals surface area contributed by atoms with Crippen molar-refractivity contribution in [2.24, 2.45) is 0 Å². The number of carbonyl (C=O) groups is 2. The summed E-state index contributed by atoms with van der Waals surface area (Å²) < 4.78 is 17.8. The molecule has 0 fully saturated rings. The molecule has 1 N–H and O–H groups in total. The van der Waals surface area contributed by atoms with E-state index in [-0.39, 0.29) is 18.9 Å². The van der Waals surface area contributed by atoms with Crippen LogP contribution in [0.5, 0.6) is 0 Å². The van der Waals surface area contributed by atoms with Crippen LogP contribution in [0.25, 0.3) is 17.3 Å². The number of benzene rings is 1. The standard InChI is InChI=1S/C24H24N4O5S/c1-4-31-22(29)19-15(3)20(23(30)32-5-2)25-17(19)14-34-24-27-26-21(18-12-9-13-33-18)28(24)16-10-7-6-8-11-16/h6-13,25H,4-5,14H2,1-3H3. The largest absolute Gasteiger partial charge is 0.462 e. The summed E-state index contributed by atoms with van der Waals surface area (Å²) in [4.78, 5) is 28.2. The number of H-pyrrole nitrogens is 1. The molecule has 0 atom stereocenters. The van der Waals surface area contributed by atoms with Crippen LogP contribution in [-0.2, 0) is 15.2 Å². The fourth-order valence-corrected chi connectivity index (χ4v) is 4.44. The number of aromatic nitrogens is 4. The summed E-state index contributed by atoms with van der Waals surface area (Å²) in [7, 11) is 0. The molecule has 0 bridgehead atoms. The van der Waals surface area contributed by atoms with Crippen LogP contribution in [0.2, 0.25) is 0 Å². The molecule has 176 valence electrons. The van der Waals surface area contributed by atoms with E-state index in [2.05, 4.69) is 15.2 Å². The van der Waals surface area contributed by atoms with Gasteiger partial charge in [-0.05, 0) is 50.6 Å². The van der Waals surface area contributed by atoms with E-state index in [0.717, 1.165) is 5.69 Å². The van der Waals surface area contributed by atoms with Crippen molar-refractivity contribution in [1.29, 1.82) is 0 Å². The van der Waals surface area contributed by atoms with Crippen LogP contribution in [0.4, 0.5) is 0 Å². The highest BCUT2D eigenvalue weighted by atomic mass is 32.2. The highest BCUT2D eigenvalue weighted by molar-refractivity contribution is 7.98. The number of esters is 2. The maximum absolute atomic E-state index is 12.7. The van der Waals surface area contributed by atoms with E-state index in [0.29, 0.717) is 39.3 Å². The van der Waals surface area contributed by atoms with Gasteiger partial charge < -0.3 is 18.9 Å². The van der Waals surface area contributed by atoms with Crippen LogP contribution in [0.3, 0.4) is 0 Å². The molecule has 0 saturated heterocycles. The minimum atomic E-state index is -0.519. The van der Waals surface area contributed by atoms with Crippen molar-refractivity contribution in [3.8, 4) is 17.3 Å². The Hall–Kier alpha value is -3.79. The Morgan fingerprint density at radius 1 is 1.03 bits per heavy atom. The summed E-state index contributed by atoms with van der Waals surface area (Å²) >= 11 is 1.37. The lowest BCUT2D eigenvalue weighted by Gasteiger charge is -2.09. The van der Waals surface area contributed by atoms with Crippen LogP contribution in [0.1, 0.15) is 46.0 Å². The maximum Gasteiger partial charge on any atom is 0.355 e. The fourth-order valence-electron chi connectivity index (χ4n) is 3.53. The summed E-state index contributed by atoms with van der Waals surface area (Å²) in [5.74, 6) is 0.435. The number of furan rings is 1. The number of nitrogens with zero attached hydrogens (tertiary/aromatic N) is 3. The normalized spacial score (nSPS) is 10.9. The van der Waals surface area contributed by atoms with Gasteiger partial charge in [-0.2, -0.15) is 0 Å². The van der Waals surface area contributed by atoms with E-state index >= 15 is 0 Å². The molecule has 4 rings (SSSR count). The molecule has 0 unspecified atom stereocenters. The molecule has 3 heterocycles. The Balaban J connectivity index is 1.71. The Kier molecular flexibility index (Phi) is 7.17. The number of nitrogens with one attached hydrogen (secondary N) is 1. The third kappa shape index (κ3) is 4.62. The first-order valence-corrected chi connectivity index (χ1v) is 11.8. The molecule has 0 radical (unpaired) electrons. The highest BCUT2D eigenvalue weighted by Crippen LogP contribution is 2.32. The Morgan fingerprint density at radius 2 is 1.76 bits per heavy atom. The van der Waals surface area contributed by atoms with Gasteiger partial charge in [-0.25, -0.2) is 9.59 Å². The molecule has 10 heteroatoms. The molecule has 3 aromatic heterocycles. The van der Waals surface area contributed by atoms with Crippen molar-refractivity contribution in [2.75, 3.05) is 13.2 Å². The average Bonchev–Trinajstić information content (AvgIpc) is 3.57. The first kappa shape index (κ1) is 23.4. The van der Waals surface area contributed by atoms with E-state index in [1.165, 1.54) is 11.8 Å². The Morgan fingerprint density at radius 3 is 2.44 bits per heavy atom. The third-order valence-corrected chi connectivity index (χ3v) is 5.98. The van der Waals surface area contributed by atoms with E-state index < -0.39 is 11.9 Å². The zero-order valence-electron chi connectivity index (χ0n) is 19.0. The van der Waals surface area contributed by atoms with Crippen molar-refractivity contribution in [3.63, 3.8) is 0 Å². The summed E-state index contributed by atoms with van der Waals surface area (Å²) in [6.45, 7) is 5.61. The maximum atomic E-state index is 12.7. The van der Waals surface area contributed by atoms with E-state index in [1.54, 1.807) is 33.1 Å². The van der Waals surface area contributed by atoms with Gasteiger partial charge in [0.2, 0.25) is 5.82 Å². The fraction of sp³-hybridized carbons (Fsp3) is 0.250. The number of rotatable bonds is 9. The lowest BCUT2D eigenvalue weighted by atomic mass is 10.1. The second-order valence-electron chi connectivity index (χ2n) is 7.16. The molecule has 4 aromatic rings. The lowest BCUT2D eigenvalue weighted by molar-refractivity contribution is 0.0518. The van der Waals surface area contributed by atoms with E-state index in [1.807, 2.05) is 41.0 Å². The van der Waals surface area contributed by atoms with Gasteiger partial charge in [0.05, 0.1) is 25.0 Å². The number of carbonyl (C=O) groups excluding carboxylic acids is 2. The number of aromatic amines is 1. The quantitative estimate of drug-likeness (QED) is 0.268. The molecule has 9 nitrogen and oxygen atoms in total. The van der Waals surface area contributed by atoms with Crippen LogP contribution in [-0.4, -0.2) is 44.9 Å². The molecule has 0 aliphatic rings. The monoisotopic (exact) mass is 480 g/mol. The van der Waals surface area contributed by atoms with Crippen molar-refractivity contribution in [1.82, 2.24) is 19.7 Å². The smallest absolute Gasteiger partial charge is 0.355 e. The zero-order chi connectivity index (χ0) is 24.1. The van der Waals surface area contributed by atoms with Gasteiger partial charge in [-0.1, -0.05) is 30.0 Å². The molecule has 0 amide bonds. The SMILES string of the molecule is CCOC(=O)c1[nH]c(CSc2nnc(-c3ccco3)n2-c2ccccc2)c(C(=O)OCC)c1C. The molecule has 0 saturated carbocycles. The average molecular weight is 481 g/mol. The lowest BCUT2D eigenvalue weighted by Crippen LogP contribution is -2.09. The van der Waals surface area contributed by atoms with Crippen LogP contribution in [0.15, 0.2) is 58.3 Å². The Bertz CT molecular complexity index is 1280. The van der Waals surface area contributed by atoms with Crippen molar-refractivity contribution < 1.29 is 23.5 Å². The van der Waals surface area contributed by atoms with Crippen molar-refractivity contribution in [2.45, 2.75) is 31.7 Å². The predicted octanol–water partition coefficient (Wildman–Crippen LogP) is 4.81. The Labute approximate surface area is 200 Å². The first-order chi connectivity index (χ1) is 16.5. The molecular formula is C24H24N4O5S. The van der Waals surface area contributed by atoms with Crippen LogP contribution < -0.4 is 0 Å². The van der Waals surface area contributed by atoms with Gasteiger partial charge in [0.25, 0.3) is 0 Å². The highest BCUT2D eigenvalue weighted by Gasteiger charge is 2.26. The van der Waals surface area contributed by atoms with Crippen LogP contribution >= 0.6 is 11.8 Å². The molecule has 0 spiro atoms. The summed E-state index contributed by atoms with van der Waals surface area (Å²) in [6, 6.07) is 13.3. The molecule has 0 aliphatic heterocycles. The van der Waals surface area contributed by atoms with Gasteiger partial charge in [0.15, 0.2) is 10.9 Å². The minimum Gasteiger partial charge on any atom is -0.462 e. The number of ether oxygens (including phenoxy) is 2. The minimum absolute atomic E-state index is 0.222. The number of para-hydroxylation sites is 1. The van der Waals surface area contributed by atoms with Gasteiger partial charge in [0.1, 0.15) is 5.69 Å². The third-order valence-electron chi connectivity index (χ3n) is 5.02. The zero-order valence-corrected chi connectivity index (χ0v) is 19.8. The topological polar surface area (TPSA) is 112 Å². The number of thioether (sulfide) groups is 1. The van der Waals surface area contributed by atoms with Gasteiger partial charge in [0, 0.05) is 17.1 Å². The van der Waals surface area contributed by atoms with Crippen molar-refractivity contribution in [3.05, 3.63) is 71.2 Å². The number of hydrogen-bond acceptors (Lipinski definition) is 8. The summed E-state index contributed by atoms with van der Waals surface area (Å²) in [5.41, 5.74) is 2.47. The van der Waals surface area contributed by atoms with Gasteiger partial charge in [-0.15, -0.1) is 10.2 Å².